The van der Waals surface area contributed by atoms with E-state index in [0.717, 1.165) is 11.1 Å². The maximum absolute atomic E-state index is 12.8. The number of aromatic nitrogens is 4. The fourth-order valence-electron chi connectivity index (χ4n) is 3.09. The van der Waals surface area contributed by atoms with E-state index in [0.29, 0.717) is 28.6 Å². The average molecular weight is 452 g/mol. The van der Waals surface area contributed by atoms with Gasteiger partial charge >= 0.3 is 0 Å². The molecule has 0 saturated heterocycles. The first-order valence-corrected chi connectivity index (χ1v) is 10.4. The van der Waals surface area contributed by atoms with E-state index >= 15 is 0 Å². The van der Waals surface area contributed by atoms with Gasteiger partial charge in [-0.25, -0.2) is 9.67 Å². The van der Waals surface area contributed by atoms with Crippen LogP contribution >= 0.6 is 11.6 Å². The minimum atomic E-state index is -0.476. The summed E-state index contributed by atoms with van der Waals surface area (Å²) in [7, 11) is 0. The number of nitrogens with one attached hydrogen (secondary N) is 1. The summed E-state index contributed by atoms with van der Waals surface area (Å²) in [4.78, 5) is 16.9. The summed E-state index contributed by atoms with van der Waals surface area (Å²) in [5, 5.41) is 11.5. The Morgan fingerprint density at radius 1 is 1.16 bits per heavy atom. The maximum Gasteiger partial charge on any atom is 0.280 e. The zero-order valence-corrected chi connectivity index (χ0v) is 18.7. The highest BCUT2D eigenvalue weighted by molar-refractivity contribution is 6.31. The molecule has 0 aliphatic rings. The standard InChI is InChI=1S/C23H22ClN5O3/c1-14-8-9-18(10-15(14)2)31-12-19-16(3)32-28-21(19)22(30)26-23-25-13-29(27-23)11-17-6-4-5-7-20(17)24/h4-10,13H,11-12H2,1-3H3,(H,26,27,30). The summed E-state index contributed by atoms with van der Waals surface area (Å²) in [6, 6.07) is 13.3. The molecule has 0 unspecified atom stereocenters. The SMILES string of the molecule is Cc1ccc(OCc2c(C(=O)Nc3ncn(Cc4ccccc4Cl)n3)noc2C)cc1C. The van der Waals surface area contributed by atoms with Gasteiger partial charge in [0.2, 0.25) is 5.95 Å². The highest BCUT2D eigenvalue weighted by Gasteiger charge is 2.22. The van der Waals surface area contributed by atoms with E-state index in [2.05, 4.69) is 20.6 Å². The van der Waals surface area contributed by atoms with Crippen molar-refractivity contribution in [3.63, 3.8) is 0 Å². The second-order valence-electron chi connectivity index (χ2n) is 7.41. The van der Waals surface area contributed by atoms with Crippen LogP contribution in [0.5, 0.6) is 5.75 Å². The molecular weight excluding hydrogens is 430 g/mol. The second-order valence-corrected chi connectivity index (χ2v) is 7.82. The molecule has 1 N–H and O–H groups in total. The molecule has 0 fully saturated rings. The topological polar surface area (TPSA) is 95.1 Å². The van der Waals surface area contributed by atoms with Gasteiger partial charge in [-0.3, -0.25) is 10.1 Å². The van der Waals surface area contributed by atoms with Crippen molar-refractivity contribution in [3.8, 4) is 5.75 Å². The van der Waals surface area contributed by atoms with Gasteiger partial charge in [-0.15, -0.1) is 5.10 Å². The molecule has 2 aromatic heterocycles. The third-order valence-corrected chi connectivity index (χ3v) is 5.48. The lowest BCUT2D eigenvalue weighted by molar-refractivity contribution is 0.101. The Morgan fingerprint density at radius 2 is 1.97 bits per heavy atom. The fraction of sp³-hybridized carbons (Fsp3) is 0.217. The van der Waals surface area contributed by atoms with Crippen LogP contribution in [0.25, 0.3) is 0 Å². The lowest BCUT2D eigenvalue weighted by Crippen LogP contribution is -2.16. The Bertz CT molecular complexity index is 1260. The summed E-state index contributed by atoms with van der Waals surface area (Å²) in [6.45, 7) is 6.37. The molecule has 9 heteroatoms. The number of amides is 1. The van der Waals surface area contributed by atoms with Gasteiger partial charge in [0.25, 0.3) is 5.91 Å². The number of carbonyl (C=O) groups excluding carboxylic acids is 1. The van der Waals surface area contributed by atoms with Crippen molar-refractivity contribution in [3.05, 3.63) is 87.5 Å². The quantitative estimate of drug-likeness (QED) is 0.436. The lowest BCUT2D eigenvalue weighted by atomic mass is 10.1. The highest BCUT2D eigenvalue weighted by Crippen LogP contribution is 2.21. The molecule has 1 amide bonds. The number of halogens is 1. The van der Waals surface area contributed by atoms with Crippen LogP contribution in [-0.4, -0.2) is 25.8 Å². The molecule has 0 aliphatic carbocycles. The third-order valence-electron chi connectivity index (χ3n) is 5.11. The smallest absolute Gasteiger partial charge is 0.280 e. The van der Waals surface area contributed by atoms with Crippen molar-refractivity contribution in [2.75, 3.05) is 5.32 Å². The molecule has 0 spiro atoms. The van der Waals surface area contributed by atoms with Crippen LogP contribution in [0.3, 0.4) is 0 Å². The summed E-state index contributed by atoms with van der Waals surface area (Å²) in [5.41, 5.74) is 3.90. The van der Waals surface area contributed by atoms with Crippen molar-refractivity contribution in [1.82, 2.24) is 19.9 Å². The zero-order chi connectivity index (χ0) is 22.7. The molecule has 164 valence electrons. The van der Waals surface area contributed by atoms with E-state index in [4.69, 9.17) is 20.9 Å². The zero-order valence-electron chi connectivity index (χ0n) is 17.9. The van der Waals surface area contributed by atoms with Crippen LogP contribution in [0.15, 0.2) is 53.3 Å². The van der Waals surface area contributed by atoms with E-state index in [1.165, 1.54) is 11.9 Å². The number of hydrogen-bond acceptors (Lipinski definition) is 6. The average Bonchev–Trinajstić information content (AvgIpc) is 3.36. The molecule has 2 heterocycles. The van der Waals surface area contributed by atoms with E-state index < -0.39 is 5.91 Å². The molecule has 0 aliphatic heterocycles. The number of hydrogen-bond donors (Lipinski definition) is 1. The summed E-state index contributed by atoms with van der Waals surface area (Å²) in [5.74, 6) is 0.899. The van der Waals surface area contributed by atoms with Crippen LogP contribution < -0.4 is 10.1 Å². The monoisotopic (exact) mass is 451 g/mol. The fourth-order valence-corrected chi connectivity index (χ4v) is 3.28. The molecule has 4 rings (SSSR count). The number of anilines is 1. The molecule has 0 atom stereocenters. The van der Waals surface area contributed by atoms with Crippen LogP contribution in [0.1, 0.15) is 38.5 Å². The molecule has 8 nitrogen and oxygen atoms in total. The van der Waals surface area contributed by atoms with Crippen LogP contribution in [0.2, 0.25) is 5.02 Å². The van der Waals surface area contributed by atoms with Gasteiger partial charge in [0.05, 0.1) is 12.1 Å². The number of aryl methyl sites for hydroxylation is 3. The van der Waals surface area contributed by atoms with Crippen LogP contribution in [-0.2, 0) is 13.2 Å². The van der Waals surface area contributed by atoms with Crippen molar-refractivity contribution < 1.29 is 14.1 Å². The Morgan fingerprint density at radius 3 is 2.75 bits per heavy atom. The van der Waals surface area contributed by atoms with Crippen LogP contribution in [0, 0.1) is 20.8 Å². The Balaban J connectivity index is 1.43. The van der Waals surface area contributed by atoms with Crippen molar-refractivity contribution in [2.45, 2.75) is 33.9 Å². The highest BCUT2D eigenvalue weighted by atomic mass is 35.5. The maximum atomic E-state index is 12.8. The van der Waals surface area contributed by atoms with Gasteiger partial charge in [0, 0.05) is 5.02 Å². The summed E-state index contributed by atoms with van der Waals surface area (Å²) < 4.78 is 12.7. The number of ether oxygens (including phenoxy) is 1. The normalized spacial score (nSPS) is 10.9. The Hall–Kier alpha value is -3.65. The lowest BCUT2D eigenvalue weighted by Gasteiger charge is -2.08. The molecule has 0 bridgehead atoms. The van der Waals surface area contributed by atoms with Crippen molar-refractivity contribution >= 4 is 23.5 Å². The van der Waals surface area contributed by atoms with Crippen molar-refractivity contribution in [1.29, 1.82) is 0 Å². The van der Waals surface area contributed by atoms with Gasteiger partial charge in [-0.2, -0.15) is 0 Å². The number of nitrogens with zero attached hydrogens (tertiary/aromatic N) is 4. The molecule has 2 aromatic carbocycles. The summed E-state index contributed by atoms with van der Waals surface area (Å²) in [6.07, 6.45) is 1.52. The number of rotatable bonds is 7. The van der Waals surface area contributed by atoms with Crippen LogP contribution in [0.4, 0.5) is 5.95 Å². The van der Waals surface area contributed by atoms with Gasteiger partial charge in [-0.1, -0.05) is 41.0 Å². The van der Waals surface area contributed by atoms with Gasteiger partial charge in [0.1, 0.15) is 24.4 Å². The van der Waals surface area contributed by atoms with Gasteiger partial charge < -0.3 is 9.26 Å². The molecule has 0 radical (unpaired) electrons. The molecular formula is C23H22ClN5O3. The Kier molecular flexibility index (Phi) is 6.23. The van der Waals surface area contributed by atoms with Crippen molar-refractivity contribution in [2.24, 2.45) is 0 Å². The molecule has 0 saturated carbocycles. The molecule has 4 aromatic rings. The first-order valence-electron chi connectivity index (χ1n) is 10.00. The second kappa shape index (κ2) is 9.23. The predicted octanol–water partition coefficient (Wildman–Crippen LogP) is 4.72. The van der Waals surface area contributed by atoms with Gasteiger partial charge in [-0.05, 0) is 55.7 Å². The Labute approximate surface area is 190 Å². The summed E-state index contributed by atoms with van der Waals surface area (Å²) >= 11 is 6.19. The molecule has 32 heavy (non-hydrogen) atoms. The first-order chi connectivity index (χ1) is 15.4. The predicted molar refractivity (Wildman–Crippen MR) is 120 cm³/mol. The third kappa shape index (κ3) is 4.81. The first kappa shape index (κ1) is 21.6. The van der Waals surface area contributed by atoms with E-state index in [9.17, 15) is 4.79 Å². The van der Waals surface area contributed by atoms with E-state index in [1.807, 2.05) is 56.3 Å². The van der Waals surface area contributed by atoms with E-state index in [-0.39, 0.29) is 18.2 Å². The minimum Gasteiger partial charge on any atom is -0.489 e. The minimum absolute atomic E-state index is 0.133. The number of carbonyl (C=O) groups is 1. The number of benzene rings is 2. The largest absolute Gasteiger partial charge is 0.489 e. The van der Waals surface area contributed by atoms with Gasteiger partial charge in [0.15, 0.2) is 5.69 Å². The van der Waals surface area contributed by atoms with E-state index in [1.54, 1.807) is 11.6 Å².